The highest BCUT2D eigenvalue weighted by molar-refractivity contribution is 5.67. The average Bonchev–Trinajstić information content (AvgIpc) is 2.42. The number of ether oxygens (including phenoxy) is 2. The molecule has 0 spiro atoms. The zero-order valence-corrected chi connectivity index (χ0v) is 14.0. The number of amides is 1. The summed E-state index contributed by atoms with van der Waals surface area (Å²) in [6.07, 6.45) is 0.921. The molecular weight excluding hydrogens is 300 g/mol. The van der Waals surface area contributed by atoms with Crippen molar-refractivity contribution in [2.45, 2.75) is 46.1 Å². The highest BCUT2D eigenvalue weighted by atomic mass is 16.6. The molecule has 0 radical (unpaired) electrons. The molecular formula is C16H24N2O5. The van der Waals surface area contributed by atoms with Crippen LogP contribution in [0.4, 0.5) is 10.5 Å². The maximum Gasteiger partial charge on any atom is 0.407 e. The van der Waals surface area contributed by atoms with Crippen LogP contribution in [-0.2, 0) is 11.2 Å². The lowest BCUT2D eigenvalue weighted by molar-refractivity contribution is -0.385. The number of carbonyl (C=O) groups excluding carboxylic acids is 1. The fraction of sp³-hybridized carbons (Fsp3) is 0.562. The largest absolute Gasteiger partial charge is 0.492 e. The molecule has 0 bridgehead atoms. The van der Waals surface area contributed by atoms with E-state index < -0.39 is 16.6 Å². The number of aryl methyl sites for hydroxylation is 1. The Bertz CT molecular complexity index is 552. The molecule has 0 atom stereocenters. The minimum absolute atomic E-state index is 0.103. The molecule has 0 aromatic heterocycles. The van der Waals surface area contributed by atoms with Crippen molar-refractivity contribution in [2.24, 2.45) is 0 Å². The van der Waals surface area contributed by atoms with Gasteiger partial charge in [0.05, 0.1) is 11.5 Å². The van der Waals surface area contributed by atoms with Crippen LogP contribution in [-0.4, -0.2) is 29.8 Å². The summed E-state index contributed by atoms with van der Waals surface area (Å²) in [5.74, 6) is 0.546. The zero-order valence-electron chi connectivity index (χ0n) is 14.0. The SMILES string of the molecule is CCCc1cc(OCCNC(=O)OC(C)(C)C)ccc1[N+](=O)[O-]. The molecule has 0 aliphatic heterocycles. The van der Waals surface area contributed by atoms with E-state index in [9.17, 15) is 14.9 Å². The molecule has 23 heavy (non-hydrogen) atoms. The van der Waals surface area contributed by atoms with Crippen LogP contribution in [0.15, 0.2) is 18.2 Å². The Labute approximate surface area is 136 Å². The standard InChI is InChI=1S/C16H24N2O5/c1-5-6-12-11-13(7-8-14(12)18(20)21)22-10-9-17-15(19)23-16(2,3)4/h7-8,11H,5-6,9-10H2,1-4H3,(H,17,19). The Hall–Kier alpha value is -2.31. The number of nitro groups is 1. The second-order valence-electron chi connectivity index (χ2n) is 6.07. The Morgan fingerprint density at radius 1 is 1.35 bits per heavy atom. The summed E-state index contributed by atoms with van der Waals surface area (Å²) in [4.78, 5) is 22.0. The van der Waals surface area contributed by atoms with Gasteiger partial charge < -0.3 is 14.8 Å². The average molecular weight is 324 g/mol. The number of nitro benzene ring substituents is 1. The van der Waals surface area contributed by atoms with Crippen molar-refractivity contribution in [3.63, 3.8) is 0 Å². The van der Waals surface area contributed by atoms with E-state index in [0.717, 1.165) is 6.42 Å². The van der Waals surface area contributed by atoms with Crippen LogP contribution >= 0.6 is 0 Å². The highest BCUT2D eigenvalue weighted by Gasteiger charge is 2.16. The molecule has 1 N–H and O–H groups in total. The summed E-state index contributed by atoms with van der Waals surface area (Å²) in [5.41, 5.74) is 0.208. The number of nitrogens with one attached hydrogen (secondary N) is 1. The second kappa shape index (κ2) is 8.36. The van der Waals surface area contributed by atoms with Gasteiger partial charge in [-0.3, -0.25) is 10.1 Å². The Morgan fingerprint density at radius 3 is 2.61 bits per heavy atom. The lowest BCUT2D eigenvalue weighted by atomic mass is 10.1. The van der Waals surface area contributed by atoms with Crippen LogP contribution in [0.3, 0.4) is 0 Å². The van der Waals surface area contributed by atoms with Crippen molar-refractivity contribution in [3.05, 3.63) is 33.9 Å². The fourth-order valence-electron chi connectivity index (χ4n) is 1.94. The van der Waals surface area contributed by atoms with E-state index in [1.165, 1.54) is 6.07 Å². The number of rotatable bonds is 7. The van der Waals surface area contributed by atoms with Gasteiger partial charge in [0.1, 0.15) is 18.0 Å². The van der Waals surface area contributed by atoms with Gasteiger partial charge in [0.2, 0.25) is 0 Å². The highest BCUT2D eigenvalue weighted by Crippen LogP contribution is 2.25. The third-order valence-electron chi connectivity index (χ3n) is 2.81. The number of benzene rings is 1. The number of alkyl carbamates (subject to hydrolysis) is 1. The van der Waals surface area contributed by atoms with Crippen molar-refractivity contribution >= 4 is 11.8 Å². The molecule has 7 heteroatoms. The van der Waals surface area contributed by atoms with E-state index in [-0.39, 0.29) is 18.8 Å². The molecule has 7 nitrogen and oxygen atoms in total. The van der Waals surface area contributed by atoms with Gasteiger partial charge >= 0.3 is 6.09 Å². The molecule has 0 saturated carbocycles. The molecule has 128 valence electrons. The van der Waals surface area contributed by atoms with E-state index in [1.54, 1.807) is 32.9 Å². The molecule has 0 aliphatic rings. The van der Waals surface area contributed by atoms with Gasteiger partial charge in [0.15, 0.2) is 0 Å². The molecule has 0 heterocycles. The Balaban J connectivity index is 2.50. The predicted octanol–water partition coefficient (Wildman–Crippen LogP) is 3.45. The van der Waals surface area contributed by atoms with E-state index in [2.05, 4.69) is 5.32 Å². The maximum absolute atomic E-state index is 11.5. The minimum Gasteiger partial charge on any atom is -0.492 e. The van der Waals surface area contributed by atoms with Crippen molar-refractivity contribution < 1.29 is 19.2 Å². The van der Waals surface area contributed by atoms with Crippen LogP contribution < -0.4 is 10.1 Å². The van der Waals surface area contributed by atoms with E-state index in [1.807, 2.05) is 6.92 Å². The van der Waals surface area contributed by atoms with Gasteiger partial charge in [-0.1, -0.05) is 13.3 Å². The van der Waals surface area contributed by atoms with Gasteiger partial charge in [-0.25, -0.2) is 4.79 Å². The first kappa shape index (κ1) is 18.7. The normalized spacial score (nSPS) is 11.0. The van der Waals surface area contributed by atoms with E-state index in [4.69, 9.17) is 9.47 Å². The van der Waals surface area contributed by atoms with Crippen molar-refractivity contribution in [3.8, 4) is 5.75 Å². The molecule has 0 aliphatic carbocycles. The fourth-order valence-corrected chi connectivity index (χ4v) is 1.94. The third kappa shape index (κ3) is 6.99. The lowest BCUT2D eigenvalue weighted by Crippen LogP contribution is -2.34. The molecule has 1 rings (SSSR count). The maximum atomic E-state index is 11.5. The predicted molar refractivity (Wildman–Crippen MR) is 86.8 cm³/mol. The number of nitrogens with zero attached hydrogens (tertiary/aromatic N) is 1. The first-order chi connectivity index (χ1) is 10.7. The summed E-state index contributed by atoms with van der Waals surface area (Å²) >= 11 is 0. The van der Waals surface area contributed by atoms with Crippen LogP contribution in [0.5, 0.6) is 5.75 Å². The number of hydrogen-bond donors (Lipinski definition) is 1. The molecule has 0 saturated heterocycles. The monoisotopic (exact) mass is 324 g/mol. The quantitative estimate of drug-likeness (QED) is 0.471. The molecule has 1 aromatic carbocycles. The van der Waals surface area contributed by atoms with Crippen molar-refractivity contribution in [1.29, 1.82) is 0 Å². The van der Waals surface area contributed by atoms with Crippen molar-refractivity contribution in [2.75, 3.05) is 13.2 Å². The van der Waals surface area contributed by atoms with E-state index >= 15 is 0 Å². The summed E-state index contributed by atoms with van der Waals surface area (Å²) in [5, 5.41) is 13.5. The number of carbonyl (C=O) groups is 1. The first-order valence-electron chi connectivity index (χ1n) is 7.60. The van der Waals surface area contributed by atoms with Crippen LogP contribution in [0.2, 0.25) is 0 Å². The number of hydrogen-bond acceptors (Lipinski definition) is 5. The zero-order chi connectivity index (χ0) is 17.5. The van der Waals surface area contributed by atoms with Gasteiger partial charge in [0, 0.05) is 11.6 Å². The van der Waals surface area contributed by atoms with E-state index in [0.29, 0.717) is 17.7 Å². The topological polar surface area (TPSA) is 90.7 Å². The smallest absolute Gasteiger partial charge is 0.407 e. The summed E-state index contributed by atoms with van der Waals surface area (Å²) < 4.78 is 10.6. The van der Waals surface area contributed by atoms with Gasteiger partial charge in [-0.15, -0.1) is 0 Å². The molecule has 0 fully saturated rings. The van der Waals surface area contributed by atoms with Crippen molar-refractivity contribution in [1.82, 2.24) is 5.32 Å². The lowest BCUT2D eigenvalue weighted by Gasteiger charge is -2.19. The molecule has 1 amide bonds. The van der Waals surface area contributed by atoms with Crippen LogP contribution in [0.25, 0.3) is 0 Å². The van der Waals surface area contributed by atoms with Gasteiger partial charge in [-0.05, 0) is 39.3 Å². The molecule has 1 aromatic rings. The Kier molecular flexibility index (Phi) is 6.81. The van der Waals surface area contributed by atoms with Crippen LogP contribution in [0.1, 0.15) is 39.7 Å². The Morgan fingerprint density at radius 2 is 2.04 bits per heavy atom. The minimum atomic E-state index is -0.543. The van der Waals surface area contributed by atoms with Gasteiger partial charge in [-0.2, -0.15) is 0 Å². The van der Waals surface area contributed by atoms with Crippen LogP contribution in [0, 0.1) is 10.1 Å². The first-order valence-corrected chi connectivity index (χ1v) is 7.60. The molecule has 0 unspecified atom stereocenters. The summed E-state index contributed by atoms with van der Waals surface area (Å²) in [6, 6.07) is 4.68. The second-order valence-corrected chi connectivity index (χ2v) is 6.07. The summed E-state index contributed by atoms with van der Waals surface area (Å²) in [7, 11) is 0. The summed E-state index contributed by atoms with van der Waals surface area (Å²) in [6.45, 7) is 7.86. The van der Waals surface area contributed by atoms with Gasteiger partial charge in [0.25, 0.3) is 5.69 Å². The third-order valence-corrected chi connectivity index (χ3v) is 2.81.